The summed E-state index contributed by atoms with van der Waals surface area (Å²) in [6, 6.07) is 25.9. The molecule has 30 heavy (non-hydrogen) atoms. The van der Waals surface area contributed by atoms with Crippen LogP contribution in [0.15, 0.2) is 78.9 Å². The van der Waals surface area contributed by atoms with E-state index in [-0.39, 0.29) is 17.9 Å². The molecule has 2 heterocycles. The summed E-state index contributed by atoms with van der Waals surface area (Å²) in [5.74, 6) is -0.989. The molecule has 1 N–H and O–H groups in total. The van der Waals surface area contributed by atoms with E-state index in [1.54, 1.807) is 6.07 Å². The van der Waals surface area contributed by atoms with Crippen LogP contribution in [-0.2, 0) is 11.3 Å². The molecule has 1 saturated heterocycles. The van der Waals surface area contributed by atoms with Gasteiger partial charge in [-0.1, -0.05) is 66.7 Å². The molecule has 0 bridgehead atoms. The summed E-state index contributed by atoms with van der Waals surface area (Å²) in [5, 5.41) is 9.13. The second-order valence-electron chi connectivity index (χ2n) is 7.63. The van der Waals surface area contributed by atoms with Gasteiger partial charge in [-0.25, -0.2) is 9.78 Å². The van der Waals surface area contributed by atoms with E-state index in [1.165, 1.54) is 17.2 Å². The number of rotatable bonds is 7. The van der Waals surface area contributed by atoms with Gasteiger partial charge < -0.3 is 9.84 Å². The molecule has 1 fully saturated rings. The number of nitrogens with zero attached hydrogens (tertiary/aromatic N) is 2. The number of aromatic carboxylic acids is 1. The smallest absolute Gasteiger partial charge is 0.354 e. The third-order valence-electron chi connectivity index (χ3n) is 5.48. The second kappa shape index (κ2) is 9.65. The Kier molecular flexibility index (Phi) is 6.52. The number of carboxylic acids is 1. The van der Waals surface area contributed by atoms with Crippen molar-refractivity contribution in [3.8, 4) is 0 Å². The molecule has 2 aromatic carbocycles. The lowest BCUT2D eigenvalue weighted by atomic mass is 10.00. The lowest BCUT2D eigenvalue weighted by Gasteiger charge is -2.34. The number of likely N-dealkylation sites (tertiary alicyclic amines) is 1. The van der Waals surface area contributed by atoms with Crippen LogP contribution in [0.5, 0.6) is 0 Å². The van der Waals surface area contributed by atoms with Gasteiger partial charge in [0.2, 0.25) is 0 Å². The fourth-order valence-electron chi connectivity index (χ4n) is 3.92. The first-order valence-electron chi connectivity index (χ1n) is 10.4. The van der Waals surface area contributed by atoms with Gasteiger partial charge >= 0.3 is 5.97 Å². The first-order valence-corrected chi connectivity index (χ1v) is 10.4. The van der Waals surface area contributed by atoms with E-state index in [0.29, 0.717) is 6.54 Å². The maximum absolute atomic E-state index is 11.1. The number of carboxylic acid groups (broad SMARTS) is 1. The minimum absolute atomic E-state index is 0.0714. The SMILES string of the molecule is O=C(O)c1cccc(CN2CCC(OC(c3ccccc3)c3ccccc3)CC2)n1. The standard InChI is InChI=1S/C25H26N2O3/c28-25(29)23-13-7-12-21(26-23)18-27-16-14-22(15-17-27)30-24(19-8-3-1-4-9-19)20-10-5-2-6-11-20/h1-13,22,24H,14-18H2,(H,28,29). The molecule has 0 amide bonds. The molecule has 5 heteroatoms. The van der Waals surface area contributed by atoms with Crippen LogP contribution in [0.1, 0.15) is 46.3 Å². The second-order valence-corrected chi connectivity index (χ2v) is 7.63. The Hall–Kier alpha value is -3.02. The highest BCUT2D eigenvalue weighted by Crippen LogP contribution is 2.30. The van der Waals surface area contributed by atoms with Gasteiger partial charge in [0.05, 0.1) is 11.8 Å². The van der Waals surface area contributed by atoms with Gasteiger partial charge in [0.1, 0.15) is 11.8 Å². The highest BCUT2D eigenvalue weighted by atomic mass is 16.5. The molecule has 0 spiro atoms. The molecule has 3 aromatic rings. The van der Waals surface area contributed by atoms with E-state index in [1.807, 2.05) is 18.2 Å². The quantitative estimate of drug-likeness (QED) is 0.628. The average Bonchev–Trinajstić information content (AvgIpc) is 2.80. The van der Waals surface area contributed by atoms with Crippen LogP contribution in [0.2, 0.25) is 0 Å². The number of piperidine rings is 1. The van der Waals surface area contributed by atoms with Gasteiger partial charge in [-0.3, -0.25) is 4.90 Å². The Balaban J connectivity index is 1.38. The molecular weight excluding hydrogens is 376 g/mol. The van der Waals surface area contributed by atoms with Crippen molar-refractivity contribution in [3.05, 3.63) is 101 Å². The molecule has 4 rings (SSSR count). The van der Waals surface area contributed by atoms with Gasteiger partial charge in [-0.2, -0.15) is 0 Å². The fourth-order valence-corrected chi connectivity index (χ4v) is 3.92. The summed E-state index contributed by atoms with van der Waals surface area (Å²) >= 11 is 0. The number of hydrogen-bond acceptors (Lipinski definition) is 4. The van der Waals surface area contributed by atoms with E-state index in [4.69, 9.17) is 9.84 Å². The predicted octanol–water partition coefficient (Wildman–Crippen LogP) is 4.55. The van der Waals surface area contributed by atoms with Crippen LogP contribution in [0.25, 0.3) is 0 Å². The van der Waals surface area contributed by atoms with Gasteiger partial charge in [0.25, 0.3) is 0 Å². The Morgan fingerprint density at radius 2 is 1.53 bits per heavy atom. The van der Waals surface area contributed by atoms with Crippen molar-refractivity contribution in [1.29, 1.82) is 0 Å². The van der Waals surface area contributed by atoms with Crippen molar-refractivity contribution in [2.45, 2.75) is 31.6 Å². The molecule has 5 nitrogen and oxygen atoms in total. The molecular formula is C25H26N2O3. The maximum atomic E-state index is 11.1. The normalized spacial score (nSPS) is 15.4. The third kappa shape index (κ3) is 5.12. The Labute approximate surface area is 177 Å². The molecule has 1 aliphatic heterocycles. The maximum Gasteiger partial charge on any atom is 0.354 e. The molecule has 0 radical (unpaired) electrons. The first-order chi connectivity index (χ1) is 14.7. The number of benzene rings is 2. The monoisotopic (exact) mass is 402 g/mol. The first kappa shape index (κ1) is 20.3. The number of carbonyl (C=O) groups is 1. The largest absolute Gasteiger partial charge is 0.477 e. The van der Waals surface area contributed by atoms with Gasteiger partial charge in [-0.05, 0) is 36.1 Å². The summed E-state index contributed by atoms with van der Waals surface area (Å²) in [6.07, 6.45) is 1.99. The van der Waals surface area contributed by atoms with Crippen molar-refractivity contribution in [2.24, 2.45) is 0 Å². The van der Waals surface area contributed by atoms with Crippen LogP contribution < -0.4 is 0 Å². The van der Waals surface area contributed by atoms with Gasteiger partial charge in [0.15, 0.2) is 0 Å². The van der Waals surface area contributed by atoms with E-state index < -0.39 is 5.97 Å². The zero-order valence-corrected chi connectivity index (χ0v) is 16.9. The van der Waals surface area contributed by atoms with Crippen LogP contribution in [0, 0.1) is 0 Å². The number of pyridine rings is 1. The predicted molar refractivity (Wildman–Crippen MR) is 115 cm³/mol. The van der Waals surface area contributed by atoms with E-state index >= 15 is 0 Å². The van der Waals surface area contributed by atoms with E-state index in [2.05, 4.69) is 58.4 Å². The van der Waals surface area contributed by atoms with Crippen molar-refractivity contribution < 1.29 is 14.6 Å². The Bertz CT molecular complexity index is 915. The van der Waals surface area contributed by atoms with Gasteiger partial charge in [-0.15, -0.1) is 0 Å². The minimum atomic E-state index is -0.989. The highest BCUT2D eigenvalue weighted by molar-refractivity contribution is 5.85. The summed E-state index contributed by atoms with van der Waals surface area (Å²) in [6.45, 7) is 2.47. The number of ether oxygens (including phenoxy) is 1. The minimum Gasteiger partial charge on any atom is -0.477 e. The van der Waals surface area contributed by atoms with Crippen molar-refractivity contribution >= 4 is 5.97 Å². The van der Waals surface area contributed by atoms with Crippen LogP contribution in [0.3, 0.4) is 0 Å². The molecule has 0 atom stereocenters. The van der Waals surface area contributed by atoms with Crippen LogP contribution in [0.4, 0.5) is 0 Å². The zero-order valence-electron chi connectivity index (χ0n) is 16.9. The van der Waals surface area contributed by atoms with Crippen molar-refractivity contribution in [1.82, 2.24) is 9.88 Å². The summed E-state index contributed by atoms with van der Waals surface area (Å²) < 4.78 is 6.59. The van der Waals surface area contributed by atoms with E-state index in [0.717, 1.165) is 31.6 Å². The number of hydrogen-bond donors (Lipinski definition) is 1. The van der Waals surface area contributed by atoms with Crippen LogP contribution >= 0.6 is 0 Å². The lowest BCUT2D eigenvalue weighted by molar-refractivity contribution is -0.0283. The van der Waals surface area contributed by atoms with Crippen LogP contribution in [-0.4, -0.2) is 40.2 Å². The Morgan fingerprint density at radius 3 is 2.10 bits per heavy atom. The molecule has 154 valence electrons. The summed E-state index contributed by atoms with van der Waals surface area (Å²) in [7, 11) is 0. The lowest BCUT2D eigenvalue weighted by Crippen LogP contribution is -2.37. The number of aromatic nitrogens is 1. The molecule has 1 aromatic heterocycles. The zero-order chi connectivity index (χ0) is 20.8. The third-order valence-corrected chi connectivity index (χ3v) is 5.48. The summed E-state index contributed by atoms with van der Waals surface area (Å²) in [5.41, 5.74) is 3.22. The summed E-state index contributed by atoms with van der Waals surface area (Å²) in [4.78, 5) is 17.7. The average molecular weight is 402 g/mol. The molecule has 1 aliphatic rings. The topological polar surface area (TPSA) is 62.7 Å². The molecule has 0 saturated carbocycles. The highest BCUT2D eigenvalue weighted by Gasteiger charge is 2.25. The van der Waals surface area contributed by atoms with E-state index in [9.17, 15) is 4.79 Å². The molecule has 0 unspecified atom stereocenters. The van der Waals surface area contributed by atoms with Crippen molar-refractivity contribution in [2.75, 3.05) is 13.1 Å². The Morgan fingerprint density at radius 1 is 0.933 bits per heavy atom. The molecule has 0 aliphatic carbocycles. The van der Waals surface area contributed by atoms with Crippen molar-refractivity contribution in [3.63, 3.8) is 0 Å². The fraction of sp³-hybridized carbons (Fsp3) is 0.280. The van der Waals surface area contributed by atoms with Gasteiger partial charge in [0, 0.05) is 19.6 Å².